The molecule has 0 aliphatic carbocycles. The first-order valence-electron chi connectivity index (χ1n) is 9.51. The van der Waals surface area contributed by atoms with Gasteiger partial charge in [-0.3, -0.25) is 0 Å². The van der Waals surface area contributed by atoms with E-state index in [-0.39, 0.29) is 6.10 Å². The van der Waals surface area contributed by atoms with Gasteiger partial charge in [0.1, 0.15) is 18.5 Å². The van der Waals surface area contributed by atoms with Gasteiger partial charge < -0.3 is 18.8 Å². The van der Waals surface area contributed by atoms with E-state index >= 15 is 0 Å². The number of aryl methyl sites for hydroxylation is 1. The van der Waals surface area contributed by atoms with Crippen molar-refractivity contribution in [2.45, 2.75) is 31.3 Å². The summed E-state index contributed by atoms with van der Waals surface area (Å²) in [5.74, 6) is -0.0967. The highest BCUT2D eigenvalue weighted by molar-refractivity contribution is 6.32. The SMILES string of the molecule is Clc1ccc(CC[C@]2(Cn3ccnc3)OC[C@H](COc3ccccc3Cl)O2)cc1. The van der Waals surface area contributed by atoms with Gasteiger partial charge in [-0.05, 0) is 36.2 Å². The van der Waals surface area contributed by atoms with E-state index in [0.717, 1.165) is 11.4 Å². The molecule has 0 N–H and O–H groups in total. The molecule has 0 radical (unpaired) electrons. The van der Waals surface area contributed by atoms with Gasteiger partial charge in [-0.15, -0.1) is 0 Å². The summed E-state index contributed by atoms with van der Waals surface area (Å²) in [7, 11) is 0. The van der Waals surface area contributed by atoms with Gasteiger partial charge in [0.25, 0.3) is 0 Å². The predicted octanol–water partition coefficient (Wildman–Crippen LogP) is 5.01. The standard InChI is InChI=1S/C22H22Cl2N2O3/c23-18-7-5-17(6-8-18)9-10-22(15-26-12-11-25-16-26)28-14-19(29-22)13-27-21-4-2-1-3-20(21)24/h1-8,11-12,16,19H,9-10,13-15H2/t19-,22-/m0/s1. The first kappa shape index (κ1) is 20.2. The fourth-order valence-electron chi connectivity index (χ4n) is 3.38. The molecule has 0 amide bonds. The summed E-state index contributed by atoms with van der Waals surface area (Å²) in [6.45, 7) is 1.39. The third-order valence-electron chi connectivity index (χ3n) is 4.87. The Kier molecular flexibility index (Phi) is 6.40. The van der Waals surface area contributed by atoms with Crippen LogP contribution in [-0.2, 0) is 22.4 Å². The number of nitrogens with zero attached hydrogens (tertiary/aromatic N) is 2. The minimum Gasteiger partial charge on any atom is -0.489 e. The fourth-order valence-corrected chi connectivity index (χ4v) is 3.70. The van der Waals surface area contributed by atoms with E-state index in [9.17, 15) is 0 Å². The summed E-state index contributed by atoms with van der Waals surface area (Å²) in [5, 5.41) is 1.31. The molecule has 29 heavy (non-hydrogen) atoms. The zero-order valence-electron chi connectivity index (χ0n) is 15.8. The first-order chi connectivity index (χ1) is 14.1. The summed E-state index contributed by atoms with van der Waals surface area (Å²) < 4.78 is 20.4. The predicted molar refractivity (Wildman–Crippen MR) is 113 cm³/mol. The van der Waals surface area contributed by atoms with Crippen molar-refractivity contribution in [2.75, 3.05) is 13.2 Å². The van der Waals surface area contributed by atoms with Crippen LogP contribution in [0, 0.1) is 0 Å². The number of benzene rings is 2. The number of hydrogen-bond donors (Lipinski definition) is 0. The number of halogens is 2. The van der Waals surface area contributed by atoms with Gasteiger partial charge >= 0.3 is 0 Å². The maximum absolute atomic E-state index is 6.36. The highest BCUT2D eigenvalue weighted by atomic mass is 35.5. The Morgan fingerprint density at radius 2 is 1.97 bits per heavy atom. The van der Waals surface area contributed by atoms with Crippen LogP contribution in [0.2, 0.25) is 10.0 Å². The molecule has 0 unspecified atom stereocenters. The lowest BCUT2D eigenvalue weighted by Gasteiger charge is -2.28. The molecule has 0 spiro atoms. The van der Waals surface area contributed by atoms with Crippen molar-refractivity contribution < 1.29 is 14.2 Å². The Morgan fingerprint density at radius 3 is 2.72 bits per heavy atom. The van der Waals surface area contributed by atoms with Crippen LogP contribution < -0.4 is 4.74 Å². The maximum atomic E-state index is 6.36. The minimum absolute atomic E-state index is 0.181. The topological polar surface area (TPSA) is 45.5 Å². The average Bonchev–Trinajstić information content (AvgIpc) is 3.38. The lowest BCUT2D eigenvalue weighted by Crippen LogP contribution is -2.37. The molecule has 2 heterocycles. The van der Waals surface area contributed by atoms with Crippen LogP contribution in [0.1, 0.15) is 12.0 Å². The highest BCUT2D eigenvalue weighted by Crippen LogP contribution is 2.32. The molecule has 2 atom stereocenters. The third-order valence-corrected chi connectivity index (χ3v) is 5.43. The number of ether oxygens (including phenoxy) is 3. The van der Waals surface area contributed by atoms with Crippen molar-refractivity contribution in [1.82, 2.24) is 9.55 Å². The molecule has 5 nitrogen and oxygen atoms in total. The van der Waals surface area contributed by atoms with Crippen molar-refractivity contribution in [2.24, 2.45) is 0 Å². The molecule has 3 aromatic rings. The van der Waals surface area contributed by atoms with Gasteiger partial charge in [0.2, 0.25) is 0 Å². The van der Waals surface area contributed by atoms with Crippen molar-refractivity contribution in [3.8, 4) is 5.75 Å². The van der Waals surface area contributed by atoms with Crippen LogP contribution in [-0.4, -0.2) is 34.7 Å². The van der Waals surface area contributed by atoms with Gasteiger partial charge in [0, 0.05) is 23.8 Å². The minimum atomic E-state index is -0.741. The second-order valence-corrected chi connectivity index (χ2v) is 7.91. The summed E-state index contributed by atoms with van der Waals surface area (Å²) in [6, 6.07) is 15.3. The van der Waals surface area contributed by atoms with Crippen LogP contribution in [0.5, 0.6) is 5.75 Å². The highest BCUT2D eigenvalue weighted by Gasteiger charge is 2.42. The molecule has 1 fully saturated rings. The quantitative estimate of drug-likeness (QED) is 0.501. The van der Waals surface area contributed by atoms with Crippen LogP contribution >= 0.6 is 23.2 Å². The Morgan fingerprint density at radius 1 is 1.14 bits per heavy atom. The molecule has 0 bridgehead atoms. The lowest BCUT2D eigenvalue weighted by molar-refractivity contribution is -0.184. The summed E-state index contributed by atoms with van der Waals surface area (Å²) in [5.41, 5.74) is 1.18. The van der Waals surface area contributed by atoms with Gasteiger partial charge in [0.15, 0.2) is 5.79 Å². The Balaban J connectivity index is 1.41. The van der Waals surface area contributed by atoms with E-state index in [2.05, 4.69) is 4.98 Å². The van der Waals surface area contributed by atoms with Crippen molar-refractivity contribution in [3.05, 3.63) is 82.9 Å². The summed E-state index contributed by atoms with van der Waals surface area (Å²) >= 11 is 12.2. The van der Waals surface area contributed by atoms with E-state index in [0.29, 0.717) is 37.0 Å². The number of para-hydroxylation sites is 1. The van der Waals surface area contributed by atoms with Gasteiger partial charge in [0.05, 0.1) is 24.5 Å². The van der Waals surface area contributed by atoms with Crippen molar-refractivity contribution >= 4 is 23.2 Å². The van der Waals surface area contributed by atoms with E-state index in [1.165, 1.54) is 5.56 Å². The number of aromatic nitrogens is 2. The molecule has 7 heteroatoms. The second kappa shape index (κ2) is 9.18. The smallest absolute Gasteiger partial charge is 0.187 e. The zero-order chi connectivity index (χ0) is 20.1. The molecular formula is C22H22Cl2N2O3. The zero-order valence-corrected chi connectivity index (χ0v) is 17.4. The fraction of sp³-hybridized carbons (Fsp3) is 0.318. The molecule has 1 aliphatic heterocycles. The van der Waals surface area contributed by atoms with E-state index in [1.807, 2.05) is 53.2 Å². The molecule has 2 aromatic carbocycles. The molecule has 4 rings (SSSR count). The molecule has 1 aromatic heterocycles. The lowest BCUT2D eigenvalue weighted by atomic mass is 10.0. The van der Waals surface area contributed by atoms with Crippen molar-refractivity contribution in [3.63, 3.8) is 0 Å². The van der Waals surface area contributed by atoms with Gasteiger partial charge in [-0.25, -0.2) is 4.98 Å². The average molecular weight is 433 g/mol. The Bertz CT molecular complexity index is 918. The summed E-state index contributed by atoms with van der Waals surface area (Å²) in [4.78, 5) is 4.13. The van der Waals surface area contributed by atoms with E-state index < -0.39 is 5.79 Å². The van der Waals surface area contributed by atoms with Crippen LogP contribution in [0.25, 0.3) is 0 Å². The van der Waals surface area contributed by atoms with Gasteiger partial charge in [-0.1, -0.05) is 47.5 Å². The van der Waals surface area contributed by atoms with Crippen molar-refractivity contribution in [1.29, 1.82) is 0 Å². The van der Waals surface area contributed by atoms with Gasteiger partial charge in [-0.2, -0.15) is 0 Å². The molecule has 0 saturated carbocycles. The molecule has 1 saturated heterocycles. The number of rotatable bonds is 8. The largest absolute Gasteiger partial charge is 0.489 e. The third kappa shape index (κ3) is 5.31. The van der Waals surface area contributed by atoms with Crippen LogP contribution in [0.15, 0.2) is 67.3 Å². The normalized spacial score (nSPS) is 21.4. The number of imidazole rings is 1. The first-order valence-corrected chi connectivity index (χ1v) is 10.3. The Hall–Kier alpha value is -2.05. The van der Waals surface area contributed by atoms with Crippen LogP contribution in [0.3, 0.4) is 0 Å². The van der Waals surface area contributed by atoms with E-state index in [1.54, 1.807) is 18.6 Å². The molecule has 1 aliphatic rings. The molecular weight excluding hydrogens is 411 g/mol. The monoisotopic (exact) mass is 432 g/mol. The van der Waals surface area contributed by atoms with Crippen LogP contribution in [0.4, 0.5) is 0 Å². The summed E-state index contributed by atoms with van der Waals surface area (Å²) in [6.07, 6.45) is 6.76. The number of hydrogen-bond acceptors (Lipinski definition) is 4. The maximum Gasteiger partial charge on any atom is 0.187 e. The Labute approximate surface area is 180 Å². The van der Waals surface area contributed by atoms with E-state index in [4.69, 9.17) is 37.4 Å². The second-order valence-electron chi connectivity index (χ2n) is 7.06. The molecule has 152 valence electrons.